The maximum absolute atomic E-state index is 13.3. The zero-order valence-corrected chi connectivity index (χ0v) is 17.4. The minimum absolute atomic E-state index is 0.0585. The lowest BCUT2D eigenvalue weighted by atomic mass is 10.2. The Balaban J connectivity index is 1.52. The van der Waals surface area contributed by atoms with Gasteiger partial charge in [0.05, 0.1) is 17.4 Å². The first-order valence-electron chi connectivity index (χ1n) is 9.43. The average Bonchev–Trinajstić information content (AvgIpc) is 3.23. The Morgan fingerprint density at radius 1 is 0.967 bits per heavy atom. The van der Waals surface area contributed by atoms with Gasteiger partial charge in [-0.2, -0.15) is 0 Å². The predicted octanol–water partition coefficient (Wildman–Crippen LogP) is 5.12. The van der Waals surface area contributed by atoms with Gasteiger partial charge in [0.1, 0.15) is 0 Å². The summed E-state index contributed by atoms with van der Waals surface area (Å²) in [6.07, 6.45) is 0. The summed E-state index contributed by atoms with van der Waals surface area (Å²) in [6, 6.07) is 20.9. The maximum Gasteiger partial charge on any atom is 0.262 e. The third-order valence-electron chi connectivity index (χ3n) is 4.89. The first kappa shape index (κ1) is 19.0. The molecule has 30 heavy (non-hydrogen) atoms. The molecule has 0 saturated carbocycles. The van der Waals surface area contributed by atoms with Gasteiger partial charge in [-0.15, -0.1) is 0 Å². The predicted molar refractivity (Wildman–Crippen MR) is 119 cm³/mol. The maximum atomic E-state index is 13.3. The summed E-state index contributed by atoms with van der Waals surface area (Å²) in [7, 11) is 0. The van der Waals surface area contributed by atoms with Crippen molar-refractivity contribution in [1.82, 2.24) is 9.55 Å². The lowest BCUT2D eigenvalue weighted by molar-refractivity contribution is 0.174. The Labute approximate surface area is 182 Å². The fourth-order valence-corrected chi connectivity index (χ4v) is 4.43. The summed E-state index contributed by atoms with van der Waals surface area (Å²) in [6.45, 7) is 0.620. The van der Waals surface area contributed by atoms with Crippen LogP contribution in [0, 0.1) is 0 Å². The van der Waals surface area contributed by atoms with E-state index in [-0.39, 0.29) is 12.4 Å². The number of hydrogen-bond donors (Lipinski definition) is 0. The summed E-state index contributed by atoms with van der Waals surface area (Å²) >= 11 is 7.52. The van der Waals surface area contributed by atoms with Crippen molar-refractivity contribution in [2.24, 2.45) is 0 Å². The fraction of sp³-hybridized carbons (Fsp3) is 0.130. The molecule has 150 valence electrons. The Hall–Kier alpha value is -2.96. The number of hydrogen-bond acceptors (Lipinski definition) is 5. The number of thioether (sulfide) groups is 1. The van der Waals surface area contributed by atoms with Gasteiger partial charge in [0.2, 0.25) is 6.79 Å². The molecule has 0 aliphatic carbocycles. The summed E-state index contributed by atoms with van der Waals surface area (Å²) < 4.78 is 12.6. The van der Waals surface area contributed by atoms with Crippen LogP contribution in [0.5, 0.6) is 11.5 Å². The molecule has 0 radical (unpaired) electrons. The van der Waals surface area contributed by atoms with E-state index in [4.69, 9.17) is 26.1 Å². The van der Waals surface area contributed by atoms with Crippen LogP contribution in [0.4, 0.5) is 0 Å². The minimum atomic E-state index is -0.0585. The number of nitrogens with zero attached hydrogens (tertiary/aromatic N) is 2. The molecule has 2 heterocycles. The quantitative estimate of drug-likeness (QED) is 0.321. The van der Waals surface area contributed by atoms with E-state index in [1.54, 1.807) is 4.57 Å². The van der Waals surface area contributed by atoms with Gasteiger partial charge in [-0.25, -0.2) is 4.98 Å². The molecule has 0 saturated heterocycles. The molecular formula is C23H17ClN2O3S. The van der Waals surface area contributed by atoms with Gasteiger partial charge in [0, 0.05) is 10.8 Å². The molecule has 0 bridgehead atoms. The first-order valence-corrected chi connectivity index (χ1v) is 10.8. The average molecular weight is 437 g/mol. The highest BCUT2D eigenvalue weighted by atomic mass is 35.5. The van der Waals surface area contributed by atoms with E-state index in [1.807, 2.05) is 66.7 Å². The summed E-state index contributed by atoms with van der Waals surface area (Å²) in [5.74, 6) is 2.10. The molecule has 0 N–H and O–H groups in total. The fourth-order valence-electron chi connectivity index (χ4n) is 3.35. The van der Waals surface area contributed by atoms with Crippen LogP contribution in [0.3, 0.4) is 0 Å². The summed E-state index contributed by atoms with van der Waals surface area (Å²) in [4.78, 5) is 18.1. The van der Waals surface area contributed by atoms with Crippen molar-refractivity contribution in [3.8, 4) is 11.5 Å². The topological polar surface area (TPSA) is 53.4 Å². The zero-order valence-electron chi connectivity index (χ0n) is 15.9. The van der Waals surface area contributed by atoms with Crippen LogP contribution in [0.25, 0.3) is 10.9 Å². The number of ether oxygens (including phenoxy) is 2. The molecule has 7 heteroatoms. The van der Waals surface area contributed by atoms with Gasteiger partial charge < -0.3 is 9.47 Å². The Kier molecular flexibility index (Phi) is 5.11. The molecule has 0 atom stereocenters. The van der Waals surface area contributed by atoms with E-state index < -0.39 is 0 Å². The van der Waals surface area contributed by atoms with Crippen molar-refractivity contribution < 1.29 is 9.47 Å². The molecule has 3 aromatic carbocycles. The highest BCUT2D eigenvalue weighted by molar-refractivity contribution is 7.98. The second-order valence-corrected chi connectivity index (χ2v) is 8.28. The molecule has 5 nitrogen and oxygen atoms in total. The van der Waals surface area contributed by atoms with E-state index in [0.717, 1.165) is 16.9 Å². The monoisotopic (exact) mass is 436 g/mol. The molecule has 0 fully saturated rings. The van der Waals surface area contributed by atoms with Gasteiger partial charge in [-0.05, 0) is 47.5 Å². The second kappa shape index (κ2) is 8.05. The molecule has 5 rings (SSSR count). The molecule has 1 aliphatic heterocycles. The standard InChI is InChI=1S/C23H17ClN2O3S/c24-17-8-5-15(6-9-17)13-30-23-25-19-4-2-1-3-18(19)22(27)26(23)12-16-7-10-20-21(11-16)29-14-28-20/h1-11H,12-14H2. The molecule has 0 unspecified atom stereocenters. The van der Waals surface area contributed by atoms with Gasteiger partial charge >= 0.3 is 0 Å². The third kappa shape index (κ3) is 3.76. The van der Waals surface area contributed by atoms with E-state index in [1.165, 1.54) is 11.8 Å². The number of benzene rings is 3. The number of aromatic nitrogens is 2. The van der Waals surface area contributed by atoms with Crippen molar-refractivity contribution in [3.63, 3.8) is 0 Å². The van der Waals surface area contributed by atoms with Crippen LogP contribution >= 0.6 is 23.4 Å². The molecule has 1 aromatic heterocycles. The van der Waals surface area contributed by atoms with Crippen molar-refractivity contribution >= 4 is 34.3 Å². The number of halogens is 1. The minimum Gasteiger partial charge on any atom is -0.454 e. The largest absolute Gasteiger partial charge is 0.454 e. The van der Waals surface area contributed by atoms with Crippen molar-refractivity contribution in [3.05, 3.63) is 93.2 Å². The lowest BCUT2D eigenvalue weighted by Crippen LogP contribution is -2.24. The van der Waals surface area contributed by atoms with E-state index in [0.29, 0.717) is 39.1 Å². The van der Waals surface area contributed by atoms with Gasteiger partial charge in [-0.1, -0.05) is 53.7 Å². The smallest absolute Gasteiger partial charge is 0.262 e. The number of para-hydroxylation sites is 1. The second-order valence-electron chi connectivity index (χ2n) is 6.91. The third-order valence-corrected chi connectivity index (χ3v) is 6.18. The van der Waals surface area contributed by atoms with E-state index in [2.05, 4.69) is 0 Å². The van der Waals surface area contributed by atoms with Gasteiger partial charge in [0.25, 0.3) is 5.56 Å². The Bertz CT molecular complexity index is 1290. The number of fused-ring (bicyclic) bond motifs is 2. The van der Waals surface area contributed by atoms with Crippen LogP contribution < -0.4 is 15.0 Å². The van der Waals surface area contributed by atoms with Crippen LogP contribution in [-0.2, 0) is 12.3 Å². The van der Waals surface area contributed by atoms with Gasteiger partial charge in [-0.3, -0.25) is 9.36 Å². The molecule has 0 amide bonds. The molecule has 4 aromatic rings. The summed E-state index contributed by atoms with van der Waals surface area (Å²) in [5.41, 5.74) is 2.70. The van der Waals surface area contributed by atoms with Crippen molar-refractivity contribution in [2.75, 3.05) is 6.79 Å². The normalized spacial score (nSPS) is 12.4. The summed E-state index contributed by atoms with van der Waals surface area (Å²) in [5, 5.41) is 1.98. The highest BCUT2D eigenvalue weighted by Crippen LogP contribution is 2.33. The van der Waals surface area contributed by atoms with Crippen LogP contribution in [0.2, 0.25) is 5.02 Å². The van der Waals surface area contributed by atoms with Crippen molar-refractivity contribution in [1.29, 1.82) is 0 Å². The van der Waals surface area contributed by atoms with E-state index in [9.17, 15) is 4.79 Å². The molecule has 1 aliphatic rings. The first-order chi connectivity index (χ1) is 14.7. The Morgan fingerprint density at radius 2 is 1.73 bits per heavy atom. The molecular weight excluding hydrogens is 420 g/mol. The lowest BCUT2D eigenvalue weighted by Gasteiger charge is -2.14. The molecule has 0 spiro atoms. The number of rotatable bonds is 5. The van der Waals surface area contributed by atoms with E-state index >= 15 is 0 Å². The van der Waals surface area contributed by atoms with Crippen LogP contribution in [-0.4, -0.2) is 16.3 Å². The van der Waals surface area contributed by atoms with Crippen LogP contribution in [0.15, 0.2) is 76.7 Å². The van der Waals surface area contributed by atoms with Gasteiger partial charge in [0.15, 0.2) is 16.7 Å². The van der Waals surface area contributed by atoms with Crippen LogP contribution in [0.1, 0.15) is 11.1 Å². The SMILES string of the molecule is O=c1c2ccccc2nc(SCc2ccc(Cl)cc2)n1Cc1ccc2c(c1)OCO2. The van der Waals surface area contributed by atoms with Crippen molar-refractivity contribution in [2.45, 2.75) is 17.5 Å². The zero-order chi connectivity index (χ0) is 20.5. The Morgan fingerprint density at radius 3 is 2.60 bits per heavy atom. The highest BCUT2D eigenvalue weighted by Gasteiger charge is 2.16.